The number of unbranched alkanes of at least 4 members (excludes halogenated alkanes) is 2. The summed E-state index contributed by atoms with van der Waals surface area (Å²) in [5, 5.41) is 11.3. The summed E-state index contributed by atoms with van der Waals surface area (Å²) in [5.41, 5.74) is -0.760. The van der Waals surface area contributed by atoms with Gasteiger partial charge in [-0.15, -0.1) is 0 Å². The maximum absolute atomic E-state index is 11.3. The van der Waals surface area contributed by atoms with Crippen molar-refractivity contribution in [2.45, 2.75) is 52.0 Å². The fourth-order valence-corrected chi connectivity index (χ4v) is 1.72. The summed E-state index contributed by atoms with van der Waals surface area (Å²) >= 11 is 0. The molecule has 3 nitrogen and oxygen atoms in total. The third kappa shape index (κ3) is 3.20. The third-order valence-corrected chi connectivity index (χ3v) is 3.83. The highest BCUT2D eigenvalue weighted by molar-refractivity contribution is 5.74. The Morgan fingerprint density at radius 1 is 1.27 bits per heavy atom. The van der Waals surface area contributed by atoms with Gasteiger partial charge in [-0.25, -0.2) is 0 Å². The van der Waals surface area contributed by atoms with Crippen molar-refractivity contribution >= 4 is 5.97 Å². The zero-order chi connectivity index (χ0) is 12.1. The van der Waals surface area contributed by atoms with Crippen LogP contribution in [0.25, 0.3) is 0 Å². The summed E-state index contributed by atoms with van der Waals surface area (Å²) in [6.45, 7) is 6.75. The lowest BCUT2D eigenvalue weighted by Crippen LogP contribution is -2.66. The molecule has 0 amide bonds. The zero-order valence-corrected chi connectivity index (χ0v) is 10.8. The van der Waals surface area contributed by atoms with E-state index in [-0.39, 0.29) is 0 Å². The third-order valence-electron chi connectivity index (χ3n) is 3.83. The van der Waals surface area contributed by atoms with Crippen LogP contribution in [0.2, 0.25) is 0 Å². The number of quaternary nitrogens is 1. The number of aliphatic carboxylic acids is 1. The first-order chi connectivity index (χ1) is 6.81. The molecule has 0 N–H and O–H groups in total. The van der Waals surface area contributed by atoms with Crippen LogP contribution in [0, 0.1) is 0 Å². The van der Waals surface area contributed by atoms with Crippen LogP contribution in [0.15, 0.2) is 0 Å². The van der Waals surface area contributed by atoms with Crippen LogP contribution >= 0.6 is 0 Å². The molecule has 0 aliphatic heterocycles. The predicted molar refractivity (Wildman–Crippen MR) is 60.2 cm³/mol. The SMILES string of the molecule is CCCCCC(C)(C(=O)[O-])[N+](C)(C)CC. The average molecular weight is 215 g/mol. The molecular weight excluding hydrogens is 190 g/mol. The smallest absolute Gasteiger partial charge is 0.136 e. The molecule has 15 heavy (non-hydrogen) atoms. The fourth-order valence-electron chi connectivity index (χ4n) is 1.72. The Labute approximate surface area is 93.7 Å². The second kappa shape index (κ2) is 5.50. The molecule has 90 valence electrons. The number of carbonyl (C=O) groups excluding carboxylic acids is 1. The highest BCUT2D eigenvalue weighted by atomic mass is 16.4. The Morgan fingerprint density at radius 3 is 2.13 bits per heavy atom. The average Bonchev–Trinajstić information content (AvgIpc) is 2.17. The first-order valence-corrected chi connectivity index (χ1v) is 5.86. The molecule has 0 fully saturated rings. The molecule has 0 aromatic heterocycles. The lowest BCUT2D eigenvalue weighted by molar-refractivity contribution is -0.931. The molecule has 0 aliphatic rings. The van der Waals surface area contributed by atoms with Crippen LogP contribution in [0.4, 0.5) is 0 Å². The highest BCUT2D eigenvalue weighted by Crippen LogP contribution is 2.26. The lowest BCUT2D eigenvalue weighted by Gasteiger charge is -2.47. The van der Waals surface area contributed by atoms with E-state index in [1.807, 2.05) is 27.9 Å². The van der Waals surface area contributed by atoms with Crippen molar-refractivity contribution in [1.29, 1.82) is 0 Å². The lowest BCUT2D eigenvalue weighted by atomic mass is 9.90. The van der Waals surface area contributed by atoms with Crippen molar-refractivity contribution in [2.24, 2.45) is 0 Å². The molecule has 0 aromatic rings. The number of carbonyl (C=O) groups is 1. The van der Waals surface area contributed by atoms with Crippen molar-refractivity contribution in [3.8, 4) is 0 Å². The topological polar surface area (TPSA) is 40.1 Å². The van der Waals surface area contributed by atoms with Gasteiger partial charge in [0.15, 0.2) is 0 Å². The molecule has 0 spiro atoms. The minimum Gasteiger partial charge on any atom is -0.544 e. The second-order valence-corrected chi connectivity index (χ2v) is 5.02. The van der Waals surface area contributed by atoms with Crippen LogP contribution in [-0.2, 0) is 4.79 Å². The normalized spacial score (nSPS) is 16.1. The van der Waals surface area contributed by atoms with Gasteiger partial charge in [-0.05, 0) is 20.3 Å². The van der Waals surface area contributed by atoms with Crippen molar-refractivity contribution in [1.82, 2.24) is 0 Å². The van der Waals surface area contributed by atoms with Crippen molar-refractivity contribution < 1.29 is 14.4 Å². The number of carboxylic acids is 1. The zero-order valence-electron chi connectivity index (χ0n) is 10.8. The van der Waals surface area contributed by atoms with Gasteiger partial charge < -0.3 is 14.4 Å². The van der Waals surface area contributed by atoms with Gasteiger partial charge in [-0.2, -0.15) is 0 Å². The van der Waals surface area contributed by atoms with Gasteiger partial charge in [0, 0.05) is 6.42 Å². The van der Waals surface area contributed by atoms with Crippen LogP contribution in [-0.4, -0.2) is 36.6 Å². The second-order valence-electron chi connectivity index (χ2n) is 5.02. The van der Waals surface area contributed by atoms with E-state index in [9.17, 15) is 9.90 Å². The molecule has 1 atom stereocenters. The highest BCUT2D eigenvalue weighted by Gasteiger charge is 2.40. The largest absolute Gasteiger partial charge is 0.544 e. The predicted octanol–water partition coefficient (Wildman–Crippen LogP) is 1.17. The quantitative estimate of drug-likeness (QED) is 0.472. The van der Waals surface area contributed by atoms with E-state index < -0.39 is 11.5 Å². The Kier molecular flexibility index (Phi) is 5.29. The number of nitrogens with zero attached hydrogens (tertiary/aromatic N) is 1. The fraction of sp³-hybridized carbons (Fsp3) is 0.917. The molecule has 0 bridgehead atoms. The van der Waals surface area contributed by atoms with E-state index in [2.05, 4.69) is 6.92 Å². The van der Waals surface area contributed by atoms with Crippen LogP contribution in [0.5, 0.6) is 0 Å². The Bertz CT molecular complexity index is 214. The van der Waals surface area contributed by atoms with Gasteiger partial charge in [-0.3, -0.25) is 0 Å². The number of hydrogen-bond donors (Lipinski definition) is 0. The van der Waals surface area contributed by atoms with Crippen LogP contribution < -0.4 is 5.11 Å². The number of likely N-dealkylation sites (N-methyl/N-ethyl adjacent to an activating group) is 1. The van der Waals surface area contributed by atoms with Gasteiger partial charge >= 0.3 is 0 Å². The number of hydrogen-bond acceptors (Lipinski definition) is 2. The van der Waals surface area contributed by atoms with Crippen molar-refractivity contribution in [3.63, 3.8) is 0 Å². The molecule has 1 unspecified atom stereocenters. The summed E-state index contributed by atoms with van der Waals surface area (Å²) in [6, 6.07) is 0. The van der Waals surface area contributed by atoms with E-state index in [4.69, 9.17) is 0 Å². The van der Waals surface area contributed by atoms with Crippen LogP contribution in [0.1, 0.15) is 46.5 Å². The van der Waals surface area contributed by atoms with Crippen LogP contribution in [0.3, 0.4) is 0 Å². The Hall–Kier alpha value is -0.570. The monoisotopic (exact) mass is 215 g/mol. The van der Waals surface area contributed by atoms with E-state index in [1.165, 1.54) is 0 Å². The first-order valence-electron chi connectivity index (χ1n) is 5.86. The number of rotatable bonds is 7. The van der Waals surface area contributed by atoms with Gasteiger partial charge in [0.25, 0.3) is 0 Å². The molecule has 0 heterocycles. The van der Waals surface area contributed by atoms with Gasteiger partial charge in [0.2, 0.25) is 0 Å². The van der Waals surface area contributed by atoms with Crippen molar-refractivity contribution in [2.75, 3.05) is 20.6 Å². The maximum Gasteiger partial charge on any atom is 0.136 e. The minimum absolute atomic E-state index is 0.485. The van der Waals surface area contributed by atoms with Gasteiger partial charge in [-0.1, -0.05) is 19.8 Å². The van der Waals surface area contributed by atoms with Gasteiger partial charge in [0.05, 0.1) is 20.6 Å². The Morgan fingerprint density at radius 2 is 1.80 bits per heavy atom. The molecule has 0 aromatic carbocycles. The summed E-state index contributed by atoms with van der Waals surface area (Å²) in [6.07, 6.45) is 3.86. The molecular formula is C12H25NO2. The summed E-state index contributed by atoms with van der Waals surface area (Å²) in [5.74, 6) is -0.926. The van der Waals surface area contributed by atoms with E-state index in [1.54, 1.807) is 0 Å². The summed E-state index contributed by atoms with van der Waals surface area (Å²) in [4.78, 5) is 11.3. The standard InChI is InChI=1S/C12H25NO2/c1-6-8-9-10-12(3,11(14)15)13(4,5)7-2/h6-10H2,1-5H3. The number of carboxylic acid groups (broad SMARTS) is 1. The molecule has 0 radical (unpaired) electrons. The minimum atomic E-state index is -0.926. The van der Waals surface area contributed by atoms with E-state index >= 15 is 0 Å². The molecule has 0 saturated carbocycles. The summed E-state index contributed by atoms with van der Waals surface area (Å²) < 4.78 is 0.485. The maximum atomic E-state index is 11.3. The Balaban J connectivity index is 4.67. The molecule has 3 heteroatoms. The summed E-state index contributed by atoms with van der Waals surface area (Å²) in [7, 11) is 3.92. The molecule has 0 rings (SSSR count). The molecule has 0 saturated heterocycles. The van der Waals surface area contributed by atoms with Gasteiger partial charge in [0.1, 0.15) is 11.5 Å². The molecule has 0 aliphatic carbocycles. The van der Waals surface area contributed by atoms with E-state index in [0.29, 0.717) is 10.9 Å². The van der Waals surface area contributed by atoms with E-state index in [0.717, 1.165) is 25.8 Å². The first kappa shape index (κ1) is 14.4. The van der Waals surface area contributed by atoms with Crippen molar-refractivity contribution in [3.05, 3.63) is 0 Å².